The maximum absolute atomic E-state index is 13.5. The van der Waals surface area contributed by atoms with E-state index in [0.717, 1.165) is 5.56 Å². The molecule has 0 fully saturated rings. The number of carbonyl (C=O) groups excluding carboxylic acids is 1. The fourth-order valence-electron chi connectivity index (χ4n) is 2.54. The average Bonchev–Trinajstić information content (AvgIpc) is 3.06. The first-order valence-electron chi connectivity index (χ1n) is 7.95. The molecule has 0 atom stereocenters. The number of aromatic nitrogens is 3. The van der Waals surface area contributed by atoms with E-state index in [0.29, 0.717) is 11.4 Å². The maximum Gasteiger partial charge on any atom is 0.422 e. The smallest absolute Gasteiger partial charge is 0.311 e. The summed E-state index contributed by atoms with van der Waals surface area (Å²) in [7, 11) is 0. The first-order valence-corrected chi connectivity index (χ1v) is 8.32. The Kier molecular flexibility index (Phi) is 5.46. The molecular formula is C18H14ClF3N4O. The van der Waals surface area contributed by atoms with E-state index in [1.54, 1.807) is 24.3 Å². The van der Waals surface area contributed by atoms with Crippen LogP contribution in [0.25, 0.3) is 11.3 Å². The maximum atomic E-state index is 13.5. The highest BCUT2D eigenvalue weighted by atomic mass is 35.5. The molecule has 0 radical (unpaired) electrons. The number of amides is 1. The minimum atomic E-state index is -4.69. The quantitative estimate of drug-likeness (QED) is 0.658. The highest BCUT2D eigenvalue weighted by molar-refractivity contribution is 6.30. The van der Waals surface area contributed by atoms with Gasteiger partial charge in [-0.2, -0.15) is 18.3 Å². The van der Waals surface area contributed by atoms with Gasteiger partial charge in [0, 0.05) is 29.4 Å². The van der Waals surface area contributed by atoms with E-state index in [4.69, 9.17) is 11.6 Å². The summed E-state index contributed by atoms with van der Waals surface area (Å²) >= 11 is 5.79. The molecule has 27 heavy (non-hydrogen) atoms. The third-order valence-electron chi connectivity index (χ3n) is 3.82. The Labute approximate surface area is 157 Å². The summed E-state index contributed by atoms with van der Waals surface area (Å²) in [5.74, 6) is -1.03. The third kappa shape index (κ3) is 4.65. The van der Waals surface area contributed by atoms with Crippen molar-refractivity contribution >= 4 is 23.3 Å². The highest BCUT2D eigenvalue weighted by Crippen LogP contribution is 2.40. The van der Waals surface area contributed by atoms with Gasteiger partial charge in [-0.3, -0.25) is 14.9 Å². The zero-order valence-electron chi connectivity index (χ0n) is 13.8. The lowest BCUT2D eigenvalue weighted by Gasteiger charge is -2.11. The van der Waals surface area contributed by atoms with Crippen LogP contribution in [0.3, 0.4) is 0 Å². The second kappa shape index (κ2) is 7.79. The van der Waals surface area contributed by atoms with Gasteiger partial charge >= 0.3 is 6.18 Å². The van der Waals surface area contributed by atoms with Crippen molar-refractivity contribution < 1.29 is 18.0 Å². The molecule has 0 bridgehead atoms. The number of hydrogen-bond acceptors (Lipinski definition) is 3. The van der Waals surface area contributed by atoms with E-state index in [1.165, 1.54) is 24.5 Å². The molecule has 2 heterocycles. The van der Waals surface area contributed by atoms with Gasteiger partial charge in [0.15, 0.2) is 0 Å². The van der Waals surface area contributed by atoms with Gasteiger partial charge in [0.1, 0.15) is 17.1 Å². The molecule has 3 rings (SSSR count). The van der Waals surface area contributed by atoms with E-state index in [-0.39, 0.29) is 17.7 Å². The lowest BCUT2D eigenvalue weighted by molar-refractivity contribution is -0.136. The molecule has 0 aliphatic rings. The molecule has 1 aromatic carbocycles. The van der Waals surface area contributed by atoms with Crippen molar-refractivity contribution in [2.75, 3.05) is 5.32 Å². The van der Waals surface area contributed by atoms with Gasteiger partial charge < -0.3 is 5.32 Å². The summed E-state index contributed by atoms with van der Waals surface area (Å²) < 4.78 is 40.6. The van der Waals surface area contributed by atoms with Crippen molar-refractivity contribution in [3.8, 4) is 11.3 Å². The molecule has 5 nitrogen and oxygen atoms in total. The summed E-state index contributed by atoms with van der Waals surface area (Å²) in [6, 6.07) is 9.72. The molecule has 0 saturated heterocycles. The van der Waals surface area contributed by atoms with E-state index < -0.39 is 23.5 Å². The molecular weight excluding hydrogens is 381 g/mol. The van der Waals surface area contributed by atoms with Gasteiger partial charge in [-0.25, -0.2) is 0 Å². The van der Waals surface area contributed by atoms with Crippen molar-refractivity contribution in [1.82, 2.24) is 15.2 Å². The number of anilines is 1. The number of halogens is 4. The first-order chi connectivity index (χ1) is 12.8. The van der Waals surface area contributed by atoms with Crippen molar-refractivity contribution in [2.45, 2.75) is 19.0 Å². The van der Waals surface area contributed by atoms with Crippen molar-refractivity contribution in [3.05, 3.63) is 64.9 Å². The number of aryl methyl sites for hydroxylation is 1. The summed E-state index contributed by atoms with van der Waals surface area (Å²) in [5, 5.41) is 8.85. The number of alkyl halides is 3. The Morgan fingerprint density at radius 1 is 1.11 bits per heavy atom. The molecule has 3 aromatic rings. The van der Waals surface area contributed by atoms with Gasteiger partial charge in [0.2, 0.25) is 5.91 Å². The van der Waals surface area contributed by atoms with E-state index >= 15 is 0 Å². The molecule has 9 heteroatoms. The second-order valence-electron chi connectivity index (χ2n) is 5.73. The number of benzene rings is 1. The van der Waals surface area contributed by atoms with E-state index in [9.17, 15) is 18.0 Å². The Hall–Kier alpha value is -2.87. The summed E-state index contributed by atoms with van der Waals surface area (Å²) in [6.45, 7) is 0. The predicted molar refractivity (Wildman–Crippen MR) is 95.2 cm³/mol. The molecule has 0 saturated carbocycles. The standard InChI is InChI=1S/C18H14ClF3N4O/c19-13-4-1-11(2-5-13)3-6-14(27)24-17-15(18(20,21)22)16(25-26-17)12-7-9-23-10-8-12/h1-2,4-5,7-10H,3,6H2,(H2,24,25,26,27). The average molecular weight is 395 g/mol. The normalized spacial score (nSPS) is 11.4. The number of H-pyrrole nitrogens is 1. The Morgan fingerprint density at radius 2 is 1.78 bits per heavy atom. The summed E-state index contributed by atoms with van der Waals surface area (Å²) in [4.78, 5) is 15.9. The Balaban J connectivity index is 1.77. The molecule has 0 aliphatic heterocycles. The van der Waals surface area contributed by atoms with Crippen molar-refractivity contribution in [3.63, 3.8) is 0 Å². The third-order valence-corrected chi connectivity index (χ3v) is 4.07. The predicted octanol–water partition coefficient (Wildman–Crippen LogP) is 4.72. The number of pyridine rings is 1. The van der Waals surface area contributed by atoms with Crippen LogP contribution < -0.4 is 5.32 Å². The van der Waals surface area contributed by atoms with E-state index in [1.807, 2.05) is 0 Å². The van der Waals surface area contributed by atoms with Crippen LogP contribution >= 0.6 is 11.6 Å². The summed E-state index contributed by atoms with van der Waals surface area (Å²) in [5.41, 5.74) is -0.214. The van der Waals surface area contributed by atoms with Gasteiger partial charge in [-0.15, -0.1) is 0 Å². The second-order valence-corrected chi connectivity index (χ2v) is 6.17. The van der Waals surface area contributed by atoms with Crippen LogP contribution in [-0.2, 0) is 17.4 Å². The van der Waals surface area contributed by atoms with Gasteiger partial charge in [0.05, 0.1) is 0 Å². The van der Waals surface area contributed by atoms with Crippen LogP contribution in [0.15, 0.2) is 48.8 Å². The molecule has 2 aromatic heterocycles. The molecule has 0 aliphatic carbocycles. The van der Waals surface area contributed by atoms with Crippen molar-refractivity contribution in [2.24, 2.45) is 0 Å². The fraction of sp³-hybridized carbons (Fsp3) is 0.167. The lowest BCUT2D eigenvalue weighted by atomic mass is 10.1. The van der Waals surface area contributed by atoms with Crippen LogP contribution in [0.2, 0.25) is 5.02 Å². The number of hydrogen-bond donors (Lipinski definition) is 2. The van der Waals surface area contributed by atoms with Crippen LogP contribution in [0.5, 0.6) is 0 Å². The number of rotatable bonds is 5. The molecule has 140 valence electrons. The number of nitrogens with one attached hydrogen (secondary N) is 2. The lowest BCUT2D eigenvalue weighted by Crippen LogP contribution is -2.16. The SMILES string of the molecule is O=C(CCc1ccc(Cl)cc1)Nc1[nH]nc(-c2ccncc2)c1C(F)(F)F. The molecule has 0 unspecified atom stereocenters. The number of nitrogens with zero attached hydrogens (tertiary/aromatic N) is 2. The van der Waals surface area contributed by atoms with Crippen molar-refractivity contribution in [1.29, 1.82) is 0 Å². The first kappa shape index (κ1) is 18.9. The topological polar surface area (TPSA) is 70.7 Å². The van der Waals surface area contributed by atoms with Crippen LogP contribution in [-0.4, -0.2) is 21.1 Å². The molecule has 1 amide bonds. The number of carbonyl (C=O) groups is 1. The minimum Gasteiger partial charge on any atom is -0.311 e. The Morgan fingerprint density at radius 3 is 2.41 bits per heavy atom. The molecule has 0 spiro atoms. The summed E-state index contributed by atoms with van der Waals surface area (Å²) in [6.07, 6.45) is -1.56. The minimum absolute atomic E-state index is 0.0164. The van der Waals surface area contributed by atoms with Gasteiger partial charge in [-0.1, -0.05) is 23.7 Å². The zero-order chi connectivity index (χ0) is 19.4. The van der Waals surface area contributed by atoms with Crippen LogP contribution in [0.1, 0.15) is 17.5 Å². The zero-order valence-corrected chi connectivity index (χ0v) is 14.6. The number of aromatic amines is 1. The molecule has 2 N–H and O–H groups in total. The van der Waals surface area contributed by atoms with Gasteiger partial charge in [-0.05, 0) is 36.2 Å². The van der Waals surface area contributed by atoms with Crippen LogP contribution in [0, 0.1) is 0 Å². The monoisotopic (exact) mass is 394 g/mol. The largest absolute Gasteiger partial charge is 0.422 e. The fourth-order valence-corrected chi connectivity index (χ4v) is 2.66. The van der Waals surface area contributed by atoms with Crippen LogP contribution in [0.4, 0.5) is 19.0 Å². The van der Waals surface area contributed by atoms with E-state index in [2.05, 4.69) is 20.5 Å². The highest BCUT2D eigenvalue weighted by Gasteiger charge is 2.39. The van der Waals surface area contributed by atoms with Gasteiger partial charge in [0.25, 0.3) is 0 Å². The Bertz CT molecular complexity index is 924.